The molecule has 0 bridgehead atoms. The van der Waals surface area contributed by atoms with Gasteiger partial charge in [-0.2, -0.15) is 0 Å². The Bertz CT molecular complexity index is 262. The third-order valence-electron chi connectivity index (χ3n) is 3.31. The largest absolute Gasteiger partial charge is 0.370 e. The zero-order valence-electron chi connectivity index (χ0n) is 11.0. The van der Waals surface area contributed by atoms with Crippen molar-refractivity contribution in [2.75, 3.05) is 0 Å². The molecule has 0 amide bonds. The van der Waals surface area contributed by atoms with E-state index in [9.17, 15) is 4.79 Å². The first kappa shape index (κ1) is 13.4. The lowest BCUT2D eigenvalue weighted by molar-refractivity contribution is -0.110. The summed E-state index contributed by atoms with van der Waals surface area (Å²) in [5.41, 5.74) is 1.29. The molecule has 0 aromatic heterocycles. The summed E-state index contributed by atoms with van der Waals surface area (Å²) in [5.74, 6) is 0.495. The van der Waals surface area contributed by atoms with Crippen molar-refractivity contribution in [3.63, 3.8) is 0 Å². The van der Waals surface area contributed by atoms with E-state index in [1.165, 1.54) is 5.57 Å². The molecule has 1 rings (SSSR count). The fourth-order valence-corrected chi connectivity index (χ4v) is 2.34. The average Bonchev–Trinajstić information content (AvgIpc) is 2.17. The van der Waals surface area contributed by atoms with Gasteiger partial charge in [-0.1, -0.05) is 34.3 Å². The standard InChI is InChI=1S/C14H24O2/c1-10-9-12(7-6-8-15)16-13(11(10)2)14(3,4)5/h8,10,12-13H,2,6-7,9H2,1,3-5H3. The SMILES string of the molecule is C=C1C(C)CC(CCC=O)OC1C(C)(C)C. The molecule has 16 heavy (non-hydrogen) atoms. The molecule has 1 saturated heterocycles. The number of aldehydes is 1. The van der Waals surface area contributed by atoms with E-state index >= 15 is 0 Å². The van der Waals surface area contributed by atoms with Crippen LogP contribution in [0.15, 0.2) is 12.2 Å². The molecular weight excluding hydrogens is 200 g/mol. The van der Waals surface area contributed by atoms with Gasteiger partial charge in [0, 0.05) is 6.42 Å². The predicted octanol–water partition coefficient (Wildman–Crippen LogP) is 3.36. The van der Waals surface area contributed by atoms with Crippen molar-refractivity contribution in [1.29, 1.82) is 0 Å². The van der Waals surface area contributed by atoms with Crippen LogP contribution < -0.4 is 0 Å². The fourth-order valence-electron chi connectivity index (χ4n) is 2.34. The van der Waals surface area contributed by atoms with Gasteiger partial charge in [-0.15, -0.1) is 0 Å². The van der Waals surface area contributed by atoms with E-state index in [-0.39, 0.29) is 17.6 Å². The zero-order chi connectivity index (χ0) is 12.3. The lowest BCUT2D eigenvalue weighted by Crippen LogP contribution is -2.41. The van der Waals surface area contributed by atoms with Gasteiger partial charge < -0.3 is 9.53 Å². The molecule has 2 heteroatoms. The first-order valence-corrected chi connectivity index (χ1v) is 6.14. The van der Waals surface area contributed by atoms with E-state index in [2.05, 4.69) is 34.3 Å². The highest BCUT2D eigenvalue weighted by molar-refractivity contribution is 5.49. The molecular formula is C14H24O2. The van der Waals surface area contributed by atoms with Gasteiger partial charge in [0.05, 0.1) is 12.2 Å². The van der Waals surface area contributed by atoms with Gasteiger partial charge in [-0.3, -0.25) is 0 Å². The minimum atomic E-state index is 0.0885. The maximum absolute atomic E-state index is 10.4. The van der Waals surface area contributed by atoms with Crippen molar-refractivity contribution < 1.29 is 9.53 Å². The molecule has 0 saturated carbocycles. The summed E-state index contributed by atoms with van der Waals surface area (Å²) < 4.78 is 6.08. The summed E-state index contributed by atoms with van der Waals surface area (Å²) in [6.45, 7) is 12.9. The summed E-state index contributed by atoms with van der Waals surface area (Å²) in [4.78, 5) is 10.4. The van der Waals surface area contributed by atoms with Gasteiger partial charge in [-0.05, 0) is 29.7 Å². The van der Waals surface area contributed by atoms with Crippen LogP contribution in [0.3, 0.4) is 0 Å². The summed E-state index contributed by atoms with van der Waals surface area (Å²) in [5, 5.41) is 0. The molecule has 0 radical (unpaired) electrons. The second-order valence-electron chi connectivity index (χ2n) is 5.96. The van der Waals surface area contributed by atoms with Crippen LogP contribution in [-0.2, 0) is 9.53 Å². The highest BCUT2D eigenvalue weighted by atomic mass is 16.5. The van der Waals surface area contributed by atoms with Gasteiger partial charge in [0.2, 0.25) is 0 Å². The molecule has 1 heterocycles. The minimum Gasteiger partial charge on any atom is -0.370 e. The molecule has 0 N–H and O–H groups in total. The van der Waals surface area contributed by atoms with E-state index < -0.39 is 0 Å². The second-order valence-corrected chi connectivity index (χ2v) is 5.96. The van der Waals surface area contributed by atoms with Crippen LogP contribution >= 0.6 is 0 Å². The van der Waals surface area contributed by atoms with Gasteiger partial charge in [0.25, 0.3) is 0 Å². The van der Waals surface area contributed by atoms with Crippen molar-refractivity contribution in [2.45, 2.75) is 59.2 Å². The fraction of sp³-hybridized carbons (Fsp3) is 0.786. The summed E-state index contributed by atoms with van der Waals surface area (Å²) in [6.07, 6.45) is 3.75. The molecule has 1 aliphatic heterocycles. The number of hydrogen-bond donors (Lipinski definition) is 0. The minimum absolute atomic E-state index is 0.0885. The highest BCUT2D eigenvalue weighted by Crippen LogP contribution is 2.38. The average molecular weight is 224 g/mol. The monoisotopic (exact) mass is 224 g/mol. The van der Waals surface area contributed by atoms with Crippen molar-refractivity contribution in [3.05, 3.63) is 12.2 Å². The topological polar surface area (TPSA) is 26.3 Å². The number of carbonyl (C=O) groups excluding carboxylic acids is 1. The molecule has 0 aromatic rings. The lowest BCUT2D eigenvalue weighted by atomic mass is 9.77. The quantitative estimate of drug-likeness (QED) is 0.543. The van der Waals surface area contributed by atoms with E-state index in [1.807, 2.05) is 0 Å². The number of hydrogen-bond acceptors (Lipinski definition) is 2. The van der Waals surface area contributed by atoms with Gasteiger partial charge in [-0.25, -0.2) is 0 Å². The zero-order valence-corrected chi connectivity index (χ0v) is 11.0. The van der Waals surface area contributed by atoms with Crippen LogP contribution in [0.4, 0.5) is 0 Å². The van der Waals surface area contributed by atoms with Crippen molar-refractivity contribution in [1.82, 2.24) is 0 Å². The lowest BCUT2D eigenvalue weighted by Gasteiger charge is -2.42. The first-order chi connectivity index (χ1) is 7.36. The molecule has 2 nitrogen and oxygen atoms in total. The second kappa shape index (κ2) is 5.13. The summed E-state index contributed by atoms with van der Waals surface area (Å²) >= 11 is 0. The van der Waals surface area contributed by atoms with Gasteiger partial charge >= 0.3 is 0 Å². The van der Waals surface area contributed by atoms with Crippen molar-refractivity contribution in [2.24, 2.45) is 11.3 Å². The van der Waals surface area contributed by atoms with Crippen LogP contribution in [0.2, 0.25) is 0 Å². The molecule has 3 atom stereocenters. The smallest absolute Gasteiger partial charge is 0.120 e. The van der Waals surface area contributed by atoms with Crippen molar-refractivity contribution >= 4 is 6.29 Å². The Balaban J connectivity index is 2.69. The van der Waals surface area contributed by atoms with E-state index in [4.69, 9.17) is 4.74 Å². The van der Waals surface area contributed by atoms with Crippen LogP contribution in [0.5, 0.6) is 0 Å². The Kier molecular flexibility index (Phi) is 4.31. The third kappa shape index (κ3) is 3.18. The number of ether oxygens (including phenoxy) is 1. The molecule has 0 aliphatic carbocycles. The molecule has 92 valence electrons. The van der Waals surface area contributed by atoms with Gasteiger partial charge in [0.1, 0.15) is 6.29 Å². The molecule has 1 aliphatic rings. The first-order valence-electron chi connectivity index (χ1n) is 6.14. The van der Waals surface area contributed by atoms with Crippen LogP contribution in [0, 0.1) is 11.3 Å². The summed E-state index contributed by atoms with van der Waals surface area (Å²) in [6, 6.07) is 0. The van der Waals surface area contributed by atoms with Crippen LogP contribution in [-0.4, -0.2) is 18.5 Å². The Morgan fingerprint density at radius 1 is 1.50 bits per heavy atom. The maximum Gasteiger partial charge on any atom is 0.120 e. The van der Waals surface area contributed by atoms with E-state index in [1.54, 1.807) is 0 Å². The third-order valence-corrected chi connectivity index (χ3v) is 3.31. The Hall–Kier alpha value is -0.630. The molecule has 0 spiro atoms. The Morgan fingerprint density at radius 2 is 2.12 bits per heavy atom. The Morgan fingerprint density at radius 3 is 2.62 bits per heavy atom. The van der Waals surface area contributed by atoms with E-state index in [0.717, 1.165) is 19.1 Å². The number of carbonyl (C=O) groups is 1. The molecule has 1 fully saturated rings. The van der Waals surface area contributed by atoms with Gasteiger partial charge in [0.15, 0.2) is 0 Å². The van der Waals surface area contributed by atoms with Crippen LogP contribution in [0.1, 0.15) is 47.0 Å². The van der Waals surface area contributed by atoms with Crippen molar-refractivity contribution in [3.8, 4) is 0 Å². The maximum atomic E-state index is 10.4. The number of rotatable bonds is 3. The van der Waals surface area contributed by atoms with Crippen LogP contribution in [0.25, 0.3) is 0 Å². The molecule has 3 unspecified atom stereocenters. The normalized spacial score (nSPS) is 31.5. The van der Waals surface area contributed by atoms with E-state index in [0.29, 0.717) is 12.3 Å². The predicted molar refractivity (Wildman–Crippen MR) is 66.3 cm³/mol. The molecule has 0 aromatic carbocycles. The highest BCUT2D eigenvalue weighted by Gasteiger charge is 2.36. The Labute approximate surface area is 99.1 Å². The summed E-state index contributed by atoms with van der Waals surface area (Å²) in [7, 11) is 0.